The summed E-state index contributed by atoms with van der Waals surface area (Å²) < 4.78 is 13.3. The summed E-state index contributed by atoms with van der Waals surface area (Å²) in [4.78, 5) is 43.6. The van der Waals surface area contributed by atoms with Crippen molar-refractivity contribution in [1.29, 1.82) is 0 Å². The first-order valence-electron chi connectivity index (χ1n) is 10.6. The second-order valence-corrected chi connectivity index (χ2v) is 9.38. The molecule has 4 rings (SSSR count). The van der Waals surface area contributed by atoms with Crippen LogP contribution < -0.4 is 10.6 Å². The molecule has 2 aliphatic rings. The molecule has 0 aliphatic carbocycles. The van der Waals surface area contributed by atoms with Crippen molar-refractivity contribution in [3.8, 4) is 0 Å². The number of benzene rings is 2. The van der Waals surface area contributed by atoms with Gasteiger partial charge in [0.05, 0.1) is 5.02 Å². The maximum Gasteiger partial charge on any atom is 0.262 e. The highest BCUT2D eigenvalue weighted by Gasteiger charge is 2.33. The van der Waals surface area contributed by atoms with Crippen LogP contribution in [0.25, 0.3) is 0 Å². The second-order valence-electron chi connectivity index (χ2n) is 7.80. The summed E-state index contributed by atoms with van der Waals surface area (Å²) in [6, 6.07) is 10.3. The Morgan fingerprint density at radius 1 is 1.09 bits per heavy atom. The third kappa shape index (κ3) is 5.91. The minimum absolute atomic E-state index is 0.00512. The molecule has 2 N–H and O–H groups in total. The molecule has 0 spiro atoms. The lowest BCUT2D eigenvalue weighted by molar-refractivity contribution is -0.121. The Morgan fingerprint density at radius 2 is 1.85 bits per heavy atom. The Balaban J connectivity index is 1.33. The lowest BCUT2D eigenvalue weighted by Gasteiger charge is -2.27. The number of amides is 3. The van der Waals surface area contributed by atoms with E-state index in [0.717, 1.165) is 32.0 Å². The number of likely N-dealkylation sites (tertiary alicyclic amines) is 1. The number of halogens is 2. The molecule has 7 nitrogen and oxygen atoms in total. The molecule has 10 heteroatoms. The molecule has 2 aliphatic heterocycles. The molecule has 0 radical (unpaired) electrons. The highest BCUT2D eigenvalue weighted by atomic mass is 35.5. The van der Waals surface area contributed by atoms with Crippen molar-refractivity contribution in [3.63, 3.8) is 0 Å². The highest BCUT2D eigenvalue weighted by molar-refractivity contribution is 8.15. The minimum Gasteiger partial charge on any atom is -0.351 e. The van der Waals surface area contributed by atoms with Crippen molar-refractivity contribution in [3.05, 3.63) is 58.9 Å². The van der Waals surface area contributed by atoms with E-state index in [9.17, 15) is 18.8 Å². The summed E-state index contributed by atoms with van der Waals surface area (Å²) in [5.74, 6) is -1.64. The first-order chi connectivity index (χ1) is 15.9. The van der Waals surface area contributed by atoms with Gasteiger partial charge in [-0.05, 0) is 55.7 Å². The number of anilines is 2. The molecule has 1 fully saturated rings. The summed E-state index contributed by atoms with van der Waals surface area (Å²) in [5, 5.41) is 5.44. The molecule has 1 atom stereocenters. The predicted octanol–water partition coefficient (Wildman–Crippen LogP) is 4.54. The first-order valence-corrected chi connectivity index (χ1v) is 11.9. The molecule has 0 aromatic heterocycles. The summed E-state index contributed by atoms with van der Waals surface area (Å²) in [5.41, 5.74) is 1.08. The summed E-state index contributed by atoms with van der Waals surface area (Å²) in [7, 11) is 0. The highest BCUT2D eigenvalue weighted by Crippen LogP contribution is 2.29. The van der Waals surface area contributed by atoms with Gasteiger partial charge in [0.1, 0.15) is 11.1 Å². The number of thioether (sulfide) groups is 1. The van der Waals surface area contributed by atoms with Crippen LogP contribution in [0.3, 0.4) is 0 Å². The van der Waals surface area contributed by atoms with E-state index >= 15 is 0 Å². The van der Waals surface area contributed by atoms with Gasteiger partial charge in [-0.2, -0.15) is 4.99 Å². The van der Waals surface area contributed by atoms with E-state index in [2.05, 4.69) is 20.5 Å². The van der Waals surface area contributed by atoms with E-state index in [-0.39, 0.29) is 23.3 Å². The van der Waals surface area contributed by atoms with Gasteiger partial charge in [0, 0.05) is 36.4 Å². The fraction of sp³-hybridized carbons (Fsp3) is 0.304. The molecule has 2 aromatic rings. The van der Waals surface area contributed by atoms with E-state index in [1.165, 1.54) is 36.4 Å². The lowest BCUT2D eigenvalue weighted by Crippen LogP contribution is -2.33. The van der Waals surface area contributed by atoms with Crippen molar-refractivity contribution >= 4 is 57.6 Å². The second kappa shape index (κ2) is 10.4. The maximum atomic E-state index is 13.3. The third-order valence-corrected chi connectivity index (χ3v) is 6.82. The molecule has 0 bridgehead atoms. The largest absolute Gasteiger partial charge is 0.351 e. The standard InChI is InChI=1S/C23H22ClFN4O3S/c24-17-12-16(7-8-18(17)25)27-21(31)14-5-4-6-15(11-14)26-20(30)13-19-22(32)28-23(33-19)29-9-2-1-3-10-29/h4-8,11-12,19H,1-3,9-10,13H2,(H,26,30)(H,27,31)/t19-/m0/s1. The Hall–Kier alpha value is -2.91. The van der Waals surface area contributed by atoms with E-state index in [0.29, 0.717) is 22.1 Å². The van der Waals surface area contributed by atoms with Crippen LogP contribution in [0.15, 0.2) is 47.5 Å². The summed E-state index contributed by atoms with van der Waals surface area (Å²) in [6.07, 6.45) is 3.34. The van der Waals surface area contributed by atoms with Crippen LogP contribution >= 0.6 is 23.4 Å². The number of nitrogens with one attached hydrogen (secondary N) is 2. The van der Waals surface area contributed by atoms with Gasteiger partial charge in [-0.15, -0.1) is 0 Å². The Morgan fingerprint density at radius 3 is 2.61 bits per heavy atom. The van der Waals surface area contributed by atoms with Crippen LogP contribution in [-0.2, 0) is 9.59 Å². The van der Waals surface area contributed by atoms with Crippen molar-refractivity contribution in [2.75, 3.05) is 23.7 Å². The summed E-state index contributed by atoms with van der Waals surface area (Å²) >= 11 is 7.09. The molecule has 33 heavy (non-hydrogen) atoms. The number of hydrogen-bond acceptors (Lipinski definition) is 5. The Labute approximate surface area is 199 Å². The molecule has 2 aromatic carbocycles. The van der Waals surface area contributed by atoms with Crippen LogP contribution in [0.2, 0.25) is 5.02 Å². The third-order valence-electron chi connectivity index (χ3n) is 5.31. The van der Waals surface area contributed by atoms with E-state index in [1.807, 2.05) is 0 Å². The van der Waals surface area contributed by atoms with Gasteiger partial charge in [-0.1, -0.05) is 29.4 Å². The zero-order valence-electron chi connectivity index (χ0n) is 17.6. The van der Waals surface area contributed by atoms with Crippen molar-refractivity contribution in [2.45, 2.75) is 30.9 Å². The SMILES string of the molecule is O=C(C[C@@H]1SC(N2CCCCC2)=NC1=O)Nc1cccc(C(=O)Nc2ccc(F)c(Cl)c2)c1. The number of aliphatic imine (C=N–C) groups is 1. The fourth-order valence-electron chi connectivity index (χ4n) is 3.63. The van der Waals surface area contributed by atoms with Crippen LogP contribution in [0, 0.1) is 5.82 Å². The number of carbonyl (C=O) groups excluding carboxylic acids is 3. The number of nitrogens with zero attached hydrogens (tertiary/aromatic N) is 2. The lowest BCUT2D eigenvalue weighted by atomic mass is 10.1. The molecular formula is C23H22ClFN4O3S. The van der Waals surface area contributed by atoms with Crippen LogP contribution in [0.5, 0.6) is 0 Å². The zero-order valence-corrected chi connectivity index (χ0v) is 19.2. The van der Waals surface area contributed by atoms with Crippen LogP contribution in [0.1, 0.15) is 36.0 Å². The molecule has 2 heterocycles. The van der Waals surface area contributed by atoms with Gasteiger partial charge >= 0.3 is 0 Å². The summed E-state index contributed by atoms with van der Waals surface area (Å²) in [6.45, 7) is 1.77. The smallest absolute Gasteiger partial charge is 0.262 e. The van der Waals surface area contributed by atoms with Gasteiger partial charge in [-0.3, -0.25) is 14.4 Å². The molecular weight excluding hydrogens is 467 g/mol. The van der Waals surface area contributed by atoms with Crippen molar-refractivity contribution in [2.24, 2.45) is 4.99 Å². The first kappa shape index (κ1) is 23.3. The number of carbonyl (C=O) groups is 3. The molecule has 0 unspecified atom stereocenters. The predicted molar refractivity (Wildman–Crippen MR) is 128 cm³/mol. The normalized spacial score (nSPS) is 18.1. The molecule has 0 saturated carbocycles. The quantitative estimate of drug-likeness (QED) is 0.644. The van der Waals surface area contributed by atoms with Gasteiger partial charge in [-0.25, -0.2) is 4.39 Å². The van der Waals surface area contributed by atoms with E-state index in [4.69, 9.17) is 11.6 Å². The van der Waals surface area contributed by atoms with Crippen molar-refractivity contribution in [1.82, 2.24) is 4.90 Å². The zero-order chi connectivity index (χ0) is 23.4. The van der Waals surface area contributed by atoms with Gasteiger partial charge in [0.2, 0.25) is 5.91 Å². The van der Waals surface area contributed by atoms with E-state index in [1.54, 1.807) is 18.2 Å². The molecule has 1 saturated heterocycles. The minimum atomic E-state index is -0.577. The topological polar surface area (TPSA) is 90.9 Å². The fourth-order valence-corrected chi connectivity index (χ4v) is 4.92. The van der Waals surface area contributed by atoms with Gasteiger partial charge in [0.25, 0.3) is 11.8 Å². The molecule has 172 valence electrons. The van der Waals surface area contributed by atoms with E-state index < -0.39 is 17.0 Å². The van der Waals surface area contributed by atoms with Gasteiger partial charge in [0.15, 0.2) is 5.17 Å². The van der Waals surface area contributed by atoms with Crippen LogP contribution in [-0.4, -0.2) is 46.1 Å². The molecule has 3 amide bonds. The monoisotopic (exact) mass is 488 g/mol. The number of amidine groups is 1. The number of piperidine rings is 1. The van der Waals surface area contributed by atoms with Gasteiger partial charge < -0.3 is 15.5 Å². The Bertz CT molecular complexity index is 1120. The Kier molecular flexibility index (Phi) is 7.29. The van der Waals surface area contributed by atoms with Crippen molar-refractivity contribution < 1.29 is 18.8 Å². The average Bonchev–Trinajstić information content (AvgIpc) is 3.17. The number of hydrogen-bond donors (Lipinski definition) is 2. The number of rotatable bonds is 5. The average molecular weight is 489 g/mol. The van der Waals surface area contributed by atoms with Crippen LogP contribution in [0.4, 0.5) is 15.8 Å². The maximum absolute atomic E-state index is 13.3.